The number of aliphatic carboxylic acids is 1. The summed E-state index contributed by atoms with van der Waals surface area (Å²) in [7, 11) is -2.64. The van der Waals surface area contributed by atoms with Crippen molar-refractivity contribution in [2.45, 2.75) is 127 Å². The number of hydrogen-bond donors (Lipinski definition) is 5. The number of benzene rings is 2. The molecule has 362 valence electrons. The van der Waals surface area contributed by atoms with Gasteiger partial charge in [0.15, 0.2) is 5.13 Å². The molecule has 0 bridgehead atoms. The van der Waals surface area contributed by atoms with Gasteiger partial charge in [-0.2, -0.15) is 0 Å². The largest absolute Gasteiger partial charge is 0.497 e. The second kappa shape index (κ2) is 19.0. The number of thiazole rings is 1. The summed E-state index contributed by atoms with van der Waals surface area (Å²) in [5, 5.41) is 25.2. The lowest BCUT2D eigenvalue weighted by atomic mass is 9.86. The van der Waals surface area contributed by atoms with Crippen molar-refractivity contribution < 1.29 is 47.0 Å². The molecule has 5 heterocycles. The van der Waals surface area contributed by atoms with E-state index in [1.807, 2.05) is 37.4 Å². The number of sulfonamides is 1. The van der Waals surface area contributed by atoms with Crippen molar-refractivity contribution in [1.29, 1.82) is 0 Å². The highest BCUT2D eigenvalue weighted by molar-refractivity contribution is 7.90. The van der Waals surface area contributed by atoms with Crippen LogP contribution in [0.4, 0.5) is 9.93 Å². The zero-order valence-corrected chi connectivity index (χ0v) is 40.5. The number of hydrogen-bond acceptors (Lipinski definition) is 13. The number of carboxylic acids is 1. The average Bonchev–Trinajstić information content (AvgIpc) is 3.53. The van der Waals surface area contributed by atoms with E-state index < -0.39 is 80.8 Å². The Bertz CT molecular complexity index is 2770. The number of ether oxygens (including phenoxy) is 2. The fraction of sp³-hybridized carbons (Fsp3) is 0.479. The molecule has 1 unspecified atom stereocenters. The summed E-state index contributed by atoms with van der Waals surface area (Å²) in [6, 6.07) is 8.97. The van der Waals surface area contributed by atoms with Gasteiger partial charge in [-0.05, 0) is 68.7 Å². The van der Waals surface area contributed by atoms with Crippen LogP contribution in [0.1, 0.15) is 85.1 Å². The standard InChI is InChI=1S/C48H58N8O10S2/c1-27(2)49-46-52-36(26-67-46)35-22-38(32-19-18-30(65-6)20-34(32)50-35)66-31-21-37-41(57)54-48(44(60)61)23-29(48)15-10-8-7-9-11-16-33(42(58)55(37)25-31)51-45(62)53-40(47(3,4)5)43(59)56-24-28-14-12-13-17-39(28)68(56,63)64/h10,12-15,17-20,22,26-27,29,31,33,37,40H,7-9,11,16,21,23-25H2,1-6H3,(H,49,52)(H,54,57)(H,60,61)(H2,51,53,62)/t29?,31-,33+,37+,40-,48-/m1/s1. The summed E-state index contributed by atoms with van der Waals surface area (Å²) < 4.78 is 40.1. The van der Waals surface area contributed by atoms with Crippen molar-refractivity contribution >= 4 is 67.1 Å². The number of allylic oxidation sites excluding steroid dienone is 1. The van der Waals surface area contributed by atoms with Crippen molar-refractivity contribution in [2.24, 2.45) is 11.3 Å². The molecule has 2 aromatic carbocycles. The topological polar surface area (TPSA) is 239 Å². The van der Waals surface area contributed by atoms with Crippen LogP contribution in [0.2, 0.25) is 0 Å². The number of carbonyl (C=O) groups is 5. The first-order chi connectivity index (χ1) is 32.3. The zero-order valence-electron chi connectivity index (χ0n) is 38.9. The van der Waals surface area contributed by atoms with E-state index in [-0.39, 0.29) is 43.3 Å². The zero-order chi connectivity index (χ0) is 48.7. The number of carboxylic acid groups (broad SMARTS) is 1. The van der Waals surface area contributed by atoms with Gasteiger partial charge in [-0.15, -0.1) is 11.3 Å². The van der Waals surface area contributed by atoms with Crippen molar-refractivity contribution in [2.75, 3.05) is 19.0 Å². The van der Waals surface area contributed by atoms with Gasteiger partial charge in [0.1, 0.15) is 47.0 Å². The third-order valence-electron chi connectivity index (χ3n) is 12.9. The van der Waals surface area contributed by atoms with Crippen LogP contribution in [-0.2, 0) is 35.7 Å². The third-order valence-corrected chi connectivity index (χ3v) is 15.5. The highest BCUT2D eigenvalue weighted by Gasteiger charge is 2.61. The number of nitrogens with zero attached hydrogens (tertiary/aromatic N) is 4. The summed E-state index contributed by atoms with van der Waals surface area (Å²) in [5.74, 6) is -2.76. The summed E-state index contributed by atoms with van der Waals surface area (Å²) >= 11 is 1.43. The number of urea groups is 1. The van der Waals surface area contributed by atoms with E-state index in [1.54, 1.807) is 64.3 Å². The van der Waals surface area contributed by atoms with Gasteiger partial charge in [0.05, 0.1) is 36.3 Å². The van der Waals surface area contributed by atoms with Gasteiger partial charge in [-0.1, -0.05) is 64.0 Å². The first-order valence-electron chi connectivity index (χ1n) is 22.9. The molecule has 1 saturated carbocycles. The Hall–Kier alpha value is -6.28. The second-order valence-corrected chi connectivity index (χ2v) is 22.0. The average molecular weight is 971 g/mol. The molecule has 18 nitrogen and oxygen atoms in total. The minimum atomic E-state index is -4.20. The molecule has 4 aromatic rings. The predicted octanol–water partition coefficient (Wildman–Crippen LogP) is 5.83. The van der Waals surface area contributed by atoms with Gasteiger partial charge in [0.2, 0.25) is 11.8 Å². The lowest BCUT2D eigenvalue weighted by molar-refractivity contribution is -0.145. The number of amides is 5. The van der Waals surface area contributed by atoms with Crippen molar-refractivity contribution in [3.05, 3.63) is 71.6 Å². The Balaban J connectivity index is 1.09. The molecule has 2 fully saturated rings. The SMILES string of the molecule is COc1ccc2c(O[C@@H]3C[C@H]4C(=O)N[C@]5(C(=O)O)CC5C=CCCCCC[C@H](NC(=O)N[C@H](C(=O)N5Cc6ccccc6S5(=O)=O)C(C)(C)C)C(=O)N4C3)cc(-c3csc(NC(C)C)n3)nc2c1. The van der Waals surface area contributed by atoms with Gasteiger partial charge in [0.25, 0.3) is 15.9 Å². The normalized spacial score (nSPS) is 24.2. The van der Waals surface area contributed by atoms with E-state index in [0.717, 1.165) is 10.7 Å². The number of pyridine rings is 1. The van der Waals surface area contributed by atoms with Gasteiger partial charge in [-0.25, -0.2) is 32.3 Å². The first kappa shape index (κ1) is 48.2. The molecule has 2 aromatic heterocycles. The van der Waals surface area contributed by atoms with E-state index in [0.29, 0.717) is 63.7 Å². The van der Waals surface area contributed by atoms with E-state index in [2.05, 4.69) is 21.3 Å². The van der Waals surface area contributed by atoms with Crippen molar-refractivity contribution in [1.82, 2.24) is 35.1 Å². The molecular weight excluding hydrogens is 913 g/mol. The third kappa shape index (κ3) is 9.83. The Morgan fingerprint density at radius 2 is 1.81 bits per heavy atom. The fourth-order valence-electron chi connectivity index (χ4n) is 9.13. The Kier molecular flexibility index (Phi) is 13.5. The molecule has 3 aliphatic heterocycles. The number of carbonyl (C=O) groups excluding carboxylic acids is 4. The van der Waals surface area contributed by atoms with Crippen LogP contribution in [0.3, 0.4) is 0 Å². The van der Waals surface area contributed by atoms with Crippen LogP contribution < -0.4 is 30.7 Å². The highest BCUT2D eigenvalue weighted by Crippen LogP contribution is 2.46. The molecule has 0 spiro atoms. The maximum absolute atomic E-state index is 15.0. The molecule has 5 amide bonds. The van der Waals surface area contributed by atoms with Gasteiger partial charge >= 0.3 is 12.0 Å². The highest BCUT2D eigenvalue weighted by atomic mass is 32.2. The quantitative estimate of drug-likeness (QED) is 0.118. The Morgan fingerprint density at radius 3 is 2.53 bits per heavy atom. The molecular formula is C48H58N8O10S2. The van der Waals surface area contributed by atoms with E-state index >= 15 is 4.79 Å². The first-order valence-corrected chi connectivity index (χ1v) is 25.2. The number of fused-ring (bicyclic) bond motifs is 4. The van der Waals surface area contributed by atoms with Gasteiger partial charge in [0, 0.05) is 41.3 Å². The molecule has 1 aliphatic carbocycles. The number of anilines is 1. The smallest absolute Gasteiger partial charge is 0.330 e. The number of aromatic nitrogens is 2. The summed E-state index contributed by atoms with van der Waals surface area (Å²) in [6.45, 7) is 8.81. The molecule has 20 heteroatoms. The number of nitrogens with one attached hydrogen (secondary N) is 4. The van der Waals surface area contributed by atoms with E-state index in [4.69, 9.17) is 19.4 Å². The maximum atomic E-state index is 15.0. The monoisotopic (exact) mass is 970 g/mol. The predicted molar refractivity (Wildman–Crippen MR) is 254 cm³/mol. The van der Waals surface area contributed by atoms with Crippen LogP contribution in [0.15, 0.2) is 71.0 Å². The molecule has 0 radical (unpaired) electrons. The molecule has 5 N–H and O–H groups in total. The molecule has 4 aliphatic rings. The number of rotatable bonds is 10. The minimum absolute atomic E-state index is 0.0189. The van der Waals surface area contributed by atoms with Crippen molar-refractivity contribution in [3.63, 3.8) is 0 Å². The van der Waals surface area contributed by atoms with Gasteiger partial charge in [-0.3, -0.25) is 14.4 Å². The molecule has 8 rings (SSSR count). The molecule has 1 saturated heterocycles. The summed E-state index contributed by atoms with van der Waals surface area (Å²) in [6.07, 6.45) is 5.84. The summed E-state index contributed by atoms with van der Waals surface area (Å²) in [5.41, 5.74) is -0.405. The van der Waals surface area contributed by atoms with E-state index in [1.165, 1.54) is 22.3 Å². The number of methoxy groups -OCH3 is 1. The molecule has 68 heavy (non-hydrogen) atoms. The van der Waals surface area contributed by atoms with Crippen LogP contribution in [0, 0.1) is 11.3 Å². The van der Waals surface area contributed by atoms with Gasteiger partial charge < -0.3 is 40.7 Å². The Labute approximate surface area is 399 Å². The lowest BCUT2D eigenvalue weighted by Gasteiger charge is -2.34. The van der Waals surface area contributed by atoms with Crippen LogP contribution in [0.25, 0.3) is 22.3 Å². The van der Waals surface area contributed by atoms with Crippen molar-refractivity contribution in [3.8, 4) is 22.9 Å². The van der Waals surface area contributed by atoms with Crippen LogP contribution in [-0.4, -0.2) is 112 Å². The molecule has 6 atom stereocenters. The lowest BCUT2D eigenvalue weighted by Crippen LogP contribution is -2.60. The van der Waals surface area contributed by atoms with Crippen LogP contribution >= 0.6 is 11.3 Å². The fourth-order valence-corrected chi connectivity index (χ4v) is 11.6. The van der Waals surface area contributed by atoms with E-state index in [9.17, 15) is 32.7 Å². The Morgan fingerprint density at radius 1 is 1.03 bits per heavy atom. The van der Waals surface area contributed by atoms with Crippen LogP contribution in [0.5, 0.6) is 11.5 Å². The minimum Gasteiger partial charge on any atom is -0.497 e. The maximum Gasteiger partial charge on any atom is 0.330 e. The summed E-state index contributed by atoms with van der Waals surface area (Å²) in [4.78, 5) is 81.5. The second-order valence-electron chi connectivity index (χ2n) is 19.3.